The van der Waals surface area contributed by atoms with Crippen LogP contribution in [0.1, 0.15) is 48.9 Å². The van der Waals surface area contributed by atoms with E-state index in [1.807, 2.05) is 12.1 Å². The van der Waals surface area contributed by atoms with Crippen LogP contribution in [0.4, 0.5) is 28.0 Å². The van der Waals surface area contributed by atoms with Crippen LogP contribution in [0.3, 0.4) is 0 Å². The Hall–Kier alpha value is -3.80. The Bertz CT molecular complexity index is 1150. The van der Waals surface area contributed by atoms with Crippen molar-refractivity contribution in [1.29, 1.82) is 5.26 Å². The average molecular weight is 459 g/mol. The van der Waals surface area contributed by atoms with Crippen LogP contribution in [0.5, 0.6) is 0 Å². The van der Waals surface area contributed by atoms with Gasteiger partial charge in [0.1, 0.15) is 5.82 Å². The molecule has 9 heteroatoms. The van der Waals surface area contributed by atoms with Crippen molar-refractivity contribution in [2.24, 2.45) is 0 Å². The molecule has 5 nitrogen and oxygen atoms in total. The maximum atomic E-state index is 13.6. The summed E-state index contributed by atoms with van der Waals surface area (Å²) in [6.45, 7) is 1.81. The quantitative estimate of drug-likeness (QED) is 0.455. The van der Waals surface area contributed by atoms with Gasteiger partial charge < -0.3 is 15.7 Å². The number of urea groups is 1. The molecule has 1 aliphatic carbocycles. The highest BCUT2D eigenvalue weighted by atomic mass is 19.4. The van der Waals surface area contributed by atoms with Crippen molar-refractivity contribution in [3.63, 3.8) is 0 Å². The van der Waals surface area contributed by atoms with Crippen LogP contribution in [0.15, 0.2) is 65.4 Å². The minimum Gasteiger partial charge on any atom is -0.512 e. The zero-order valence-electron chi connectivity index (χ0n) is 17.6. The van der Waals surface area contributed by atoms with Crippen molar-refractivity contribution in [2.75, 3.05) is 5.32 Å². The fraction of sp³-hybridized carbons (Fsp3) is 0.250. The molecule has 2 aromatic carbocycles. The van der Waals surface area contributed by atoms with E-state index in [2.05, 4.69) is 10.6 Å². The van der Waals surface area contributed by atoms with Gasteiger partial charge in [0.25, 0.3) is 0 Å². The fourth-order valence-corrected chi connectivity index (χ4v) is 3.74. The summed E-state index contributed by atoms with van der Waals surface area (Å²) in [5, 5.41) is 24.7. The zero-order valence-corrected chi connectivity index (χ0v) is 17.6. The number of benzene rings is 2. The Morgan fingerprint density at radius 1 is 1.18 bits per heavy atom. The first-order valence-corrected chi connectivity index (χ1v) is 10.2. The lowest BCUT2D eigenvalue weighted by Gasteiger charge is -2.28. The molecule has 2 amide bonds. The highest BCUT2D eigenvalue weighted by molar-refractivity contribution is 5.90. The molecule has 172 valence electrons. The van der Waals surface area contributed by atoms with E-state index in [4.69, 9.17) is 5.26 Å². The third kappa shape index (κ3) is 5.52. The highest BCUT2D eigenvalue weighted by Gasteiger charge is 2.34. The average Bonchev–Trinajstić information content (AvgIpc) is 2.78. The molecule has 0 aromatic heterocycles. The summed E-state index contributed by atoms with van der Waals surface area (Å²) in [6.07, 6.45) is -1.26. The number of allylic oxidation sites excluding steroid dienone is 2. The largest absolute Gasteiger partial charge is 0.512 e. The topological polar surface area (TPSA) is 85.2 Å². The van der Waals surface area contributed by atoms with Crippen molar-refractivity contribution in [3.8, 4) is 6.07 Å². The summed E-state index contributed by atoms with van der Waals surface area (Å²) in [5.74, 6) is -1.34. The molecule has 3 rings (SSSR count). The molecule has 0 fully saturated rings. The van der Waals surface area contributed by atoms with Gasteiger partial charge in [-0.05, 0) is 61.2 Å². The minimum atomic E-state index is -4.91. The molecule has 0 spiro atoms. The van der Waals surface area contributed by atoms with Crippen molar-refractivity contribution >= 4 is 11.7 Å². The lowest BCUT2D eigenvalue weighted by molar-refractivity contribution is -0.139. The molecule has 1 atom stereocenters. The molecule has 0 radical (unpaired) electrons. The third-order valence-corrected chi connectivity index (χ3v) is 5.33. The van der Waals surface area contributed by atoms with Crippen LogP contribution in [-0.4, -0.2) is 11.1 Å². The maximum Gasteiger partial charge on any atom is 0.419 e. The predicted molar refractivity (Wildman–Crippen MR) is 115 cm³/mol. The Balaban J connectivity index is 1.94. The monoisotopic (exact) mass is 459 g/mol. The van der Waals surface area contributed by atoms with Crippen molar-refractivity contribution in [1.82, 2.24) is 5.32 Å². The lowest BCUT2D eigenvalue weighted by atomic mass is 9.84. The molecule has 1 aliphatic rings. The molecule has 0 heterocycles. The van der Waals surface area contributed by atoms with Crippen LogP contribution in [0, 0.1) is 17.1 Å². The van der Waals surface area contributed by atoms with Gasteiger partial charge in [0, 0.05) is 17.7 Å². The highest BCUT2D eigenvalue weighted by Crippen LogP contribution is 2.37. The summed E-state index contributed by atoms with van der Waals surface area (Å²) in [6, 6.07) is 8.89. The first kappa shape index (κ1) is 23.9. The summed E-state index contributed by atoms with van der Waals surface area (Å²) < 4.78 is 52.5. The molecule has 0 bridgehead atoms. The number of carbonyl (C=O) groups is 1. The lowest BCUT2D eigenvalue weighted by Crippen LogP contribution is -2.35. The van der Waals surface area contributed by atoms with Gasteiger partial charge in [0.15, 0.2) is 0 Å². The summed E-state index contributed by atoms with van der Waals surface area (Å²) in [5.41, 5.74) is 0.567. The standard InChI is InChI=1S/C24H21F4N3O2/c1-2-15-4-3-5-20(32)21(15)22(16-8-6-14(13-29)7-9-16)31-23(33)30-17-10-11-19(25)18(12-17)24(26,27)28/h2,6-12,22,32H,3-5H2,1H3,(H2,30,31,33). The SMILES string of the molecule is CC=C1CCCC(O)=C1C(NC(=O)Nc1ccc(F)c(C(F)(F)F)c1)c1ccc(C#N)cc1. The smallest absolute Gasteiger partial charge is 0.419 e. The van der Waals surface area contributed by atoms with Gasteiger partial charge in [-0.3, -0.25) is 0 Å². The first-order chi connectivity index (χ1) is 15.6. The van der Waals surface area contributed by atoms with Crippen LogP contribution < -0.4 is 10.6 Å². The van der Waals surface area contributed by atoms with Gasteiger partial charge in [-0.15, -0.1) is 0 Å². The van der Waals surface area contributed by atoms with E-state index in [1.54, 1.807) is 31.2 Å². The van der Waals surface area contributed by atoms with E-state index < -0.39 is 29.6 Å². The maximum absolute atomic E-state index is 13.6. The van der Waals surface area contributed by atoms with E-state index in [0.29, 0.717) is 41.7 Å². The van der Waals surface area contributed by atoms with E-state index >= 15 is 0 Å². The Morgan fingerprint density at radius 2 is 1.88 bits per heavy atom. The number of nitrogens with zero attached hydrogens (tertiary/aromatic N) is 1. The molecular weight excluding hydrogens is 438 g/mol. The summed E-state index contributed by atoms with van der Waals surface area (Å²) >= 11 is 0. The Morgan fingerprint density at radius 3 is 2.48 bits per heavy atom. The number of hydrogen-bond donors (Lipinski definition) is 3. The third-order valence-electron chi connectivity index (χ3n) is 5.33. The first-order valence-electron chi connectivity index (χ1n) is 10.2. The number of anilines is 1. The van der Waals surface area contributed by atoms with E-state index in [0.717, 1.165) is 18.1 Å². The van der Waals surface area contributed by atoms with E-state index in [1.165, 1.54) is 0 Å². The molecule has 2 aromatic rings. The van der Waals surface area contributed by atoms with E-state index in [-0.39, 0.29) is 11.4 Å². The predicted octanol–water partition coefficient (Wildman–Crippen LogP) is 6.52. The molecule has 3 N–H and O–H groups in total. The van der Waals surface area contributed by atoms with Crippen LogP contribution in [-0.2, 0) is 6.18 Å². The fourth-order valence-electron chi connectivity index (χ4n) is 3.74. The molecular formula is C24H21F4N3O2. The van der Waals surface area contributed by atoms with Gasteiger partial charge in [-0.1, -0.05) is 18.2 Å². The van der Waals surface area contributed by atoms with Gasteiger partial charge in [0.2, 0.25) is 0 Å². The number of rotatable bonds is 4. The molecule has 0 saturated carbocycles. The number of nitrogens with one attached hydrogen (secondary N) is 2. The van der Waals surface area contributed by atoms with Crippen LogP contribution >= 0.6 is 0 Å². The Kier molecular flexibility index (Phi) is 7.07. The number of amides is 2. The summed E-state index contributed by atoms with van der Waals surface area (Å²) in [4.78, 5) is 12.7. The van der Waals surface area contributed by atoms with Gasteiger partial charge in [0.05, 0.1) is 29.0 Å². The number of alkyl halides is 3. The number of halogens is 4. The number of carbonyl (C=O) groups excluding carboxylic acids is 1. The Labute approximate surface area is 188 Å². The van der Waals surface area contributed by atoms with Gasteiger partial charge in [-0.2, -0.15) is 18.4 Å². The normalized spacial score (nSPS) is 16.3. The van der Waals surface area contributed by atoms with Gasteiger partial charge in [-0.25, -0.2) is 9.18 Å². The van der Waals surface area contributed by atoms with Crippen LogP contribution in [0.25, 0.3) is 0 Å². The minimum absolute atomic E-state index is 0.102. The second-order valence-corrected chi connectivity index (χ2v) is 7.49. The zero-order chi connectivity index (χ0) is 24.2. The van der Waals surface area contributed by atoms with Crippen LogP contribution in [0.2, 0.25) is 0 Å². The van der Waals surface area contributed by atoms with Crippen molar-refractivity contribution in [2.45, 2.75) is 38.4 Å². The second-order valence-electron chi connectivity index (χ2n) is 7.49. The van der Waals surface area contributed by atoms with Crippen molar-refractivity contribution in [3.05, 3.63) is 88.0 Å². The molecule has 0 aliphatic heterocycles. The number of nitriles is 1. The van der Waals surface area contributed by atoms with Crippen molar-refractivity contribution < 1.29 is 27.5 Å². The van der Waals surface area contributed by atoms with E-state index in [9.17, 15) is 27.5 Å². The number of aliphatic hydroxyl groups excluding tert-OH is 1. The van der Waals surface area contributed by atoms with Gasteiger partial charge >= 0.3 is 12.2 Å². The molecule has 0 saturated heterocycles. The summed E-state index contributed by atoms with van der Waals surface area (Å²) in [7, 11) is 0. The number of hydrogen-bond acceptors (Lipinski definition) is 3. The number of aliphatic hydroxyl groups is 1. The molecule has 1 unspecified atom stereocenters. The second kappa shape index (κ2) is 9.77. The molecule has 33 heavy (non-hydrogen) atoms.